The summed E-state index contributed by atoms with van der Waals surface area (Å²) in [4.78, 5) is 26.0. The number of hydrogen-bond acceptors (Lipinski definition) is 3. The van der Waals surface area contributed by atoms with E-state index in [-0.39, 0.29) is 6.03 Å². The van der Waals surface area contributed by atoms with Gasteiger partial charge in [0.15, 0.2) is 6.04 Å². The third-order valence-corrected chi connectivity index (χ3v) is 4.13. The second-order valence-corrected chi connectivity index (χ2v) is 5.91. The molecule has 118 valence electrons. The molecule has 0 aromatic carbocycles. The highest BCUT2D eigenvalue weighted by Gasteiger charge is 2.25. The molecule has 2 amide bonds. The van der Waals surface area contributed by atoms with Crippen LogP contribution in [0.2, 0.25) is 0 Å². The van der Waals surface area contributed by atoms with Gasteiger partial charge in [0.25, 0.3) is 0 Å². The van der Waals surface area contributed by atoms with Crippen molar-refractivity contribution in [3.63, 3.8) is 0 Å². The summed E-state index contributed by atoms with van der Waals surface area (Å²) in [6.45, 7) is 5.47. The van der Waals surface area contributed by atoms with Gasteiger partial charge < -0.3 is 15.3 Å². The molecule has 1 aromatic heterocycles. The highest BCUT2D eigenvalue weighted by Crippen LogP contribution is 2.19. The van der Waals surface area contributed by atoms with E-state index in [0.29, 0.717) is 18.0 Å². The number of nitrogens with one attached hydrogen (secondary N) is 1. The first-order valence-corrected chi connectivity index (χ1v) is 8.29. The zero-order valence-electron chi connectivity index (χ0n) is 12.7. The molecular formula is C15H24N2O3S. The molecule has 0 aliphatic rings. The minimum absolute atomic E-state index is 0.294. The number of carbonyl (C=O) groups is 2. The minimum atomic E-state index is -1.03. The number of nitrogens with zero attached hydrogens (tertiary/aromatic N) is 1. The topological polar surface area (TPSA) is 69.6 Å². The van der Waals surface area contributed by atoms with Crippen LogP contribution >= 0.6 is 11.3 Å². The molecule has 1 atom stereocenters. The van der Waals surface area contributed by atoms with Gasteiger partial charge in [-0.15, -0.1) is 11.3 Å². The lowest BCUT2D eigenvalue weighted by Gasteiger charge is -2.24. The molecule has 1 rings (SSSR count). The quantitative estimate of drug-likeness (QED) is 0.733. The first kappa shape index (κ1) is 17.5. The number of carboxylic acid groups (broad SMARTS) is 1. The Hall–Kier alpha value is -1.56. The van der Waals surface area contributed by atoms with Crippen molar-refractivity contribution in [2.45, 2.75) is 45.6 Å². The molecule has 0 aliphatic heterocycles. The molecule has 2 N–H and O–H groups in total. The lowest BCUT2D eigenvalue weighted by atomic mass is 10.2. The van der Waals surface area contributed by atoms with Gasteiger partial charge in [-0.05, 0) is 24.3 Å². The molecule has 5 nitrogen and oxygen atoms in total. The largest absolute Gasteiger partial charge is 0.479 e. The molecule has 0 spiro atoms. The Morgan fingerprint density at radius 2 is 1.90 bits per heavy atom. The Morgan fingerprint density at radius 3 is 2.33 bits per heavy atom. The number of carboxylic acids is 1. The molecule has 1 heterocycles. The second-order valence-electron chi connectivity index (χ2n) is 4.93. The summed E-state index contributed by atoms with van der Waals surface area (Å²) in [6.07, 6.45) is 3.86. The Morgan fingerprint density at radius 1 is 1.29 bits per heavy atom. The molecule has 1 aromatic rings. The predicted molar refractivity (Wildman–Crippen MR) is 84.6 cm³/mol. The van der Waals surface area contributed by atoms with Gasteiger partial charge >= 0.3 is 12.0 Å². The summed E-state index contributed by atoms with van der Waals surface area (Å²) in [5.74, 6) is -1.03. The predicted octanol–water partition coefficient (Wildman–Crippen LogP) is 3.49. The number of thiophene rings is 1. The van der Waals surface area contributed by atoms with Crippen molar-refractivity contribution in [3.05, 3.63) is 22.4 Å². The average molecular weight is 312 g/mol. The molecular weight excluding hydrogens is 288 g/mol. The highest BCUT2D eigenvalue weighted by molar-refractivity contribution is 7.10. The van der Waals surface area contributed by atoms with Crippen LogP contribution in [-0.4, -0.2) is 35.1 Å². The molecule has 21 heavy (non-hydrogen) atoms. The third-order valence-electron chi connectivity index (χ3n) is 3.19. The number of hydrogen-bond donors (Lipinski definition) is 2. The number of unbranched alkanes of at least 4 members (excludes halogenated alkanes) is 2. The van der Waals surface area contributed by atoms with Crippen LogP contribution in [-0.2, 0) is 4.79 Å². The van der Waals surface area contributed by atoms with Gasteiger partial charge in [-0.25, -0.2) is 9.59 Å². The summed E-state index contributed by atoms with van der Waals surface area (Å²) >= 11 is 1.33. The van der Waals surface area contributed by atoms with E-state index in [9.17, 15) is 14.7 Å². The first-order chi connectivity index (χ1) is 10.1. The van der Waals surface area contributed by atoms with Gasteiger partial charge in [0, 0.05) is 18.0 Å². The maximum atomic E-state index is 12.3. The van der Waals surface area contributed by atoms with Crippen LogP contribution in [0.4, 0.5) is 4.79 Å². The van der Waals surface area contributed by atoms with E-state index >= 15 is 0 Å². The van der Waals surface area contributed by atoms with E-state index in [1.165, 1.54) is 11.3 Å². The number of rotatable bonds is 9. The van der Waals surface area contributed by atoms with Crippen LogP contribution in [0.5, 0.6) is 0 Å². The highest BCUT2D eigenvalue weighted by atomic mass is 32.1. The molecule has 6 heteroatoms. The molecule has 0 fully saturated rings. The molecule has 0 aliphatic carbocycles. The van der Waals surface area contributed by atoms with E-state index in [4.69, 9.17) is 0 Å². The van der Waals surface area contributed by atoms with Crippen molar-refractivity contribution in [1.29, 1.82) is 0 Å². The average Bonchev–Trinajstić information content (AvgIpc) is 2.98. The van der Waals surface area contributed by atoms with Crippen molar-refractivity contribution in [1.82, 2.24) is 10.2 Å². The van der Waals surface area contributed by atoms with E-state index in [2.05, 4.69) is 19.2 Å². The maximum absolute atomic E-state index is 12.3. The third kappa shape index (κ3) is 5.75. The SMILES string of the molecule is CCCCN(CCCC)C(=O)NC(C(=O)O)c1cccs1. The van der Waals surface area contributed by atoms with Gasteiger partial charge in [-0.1, -0.05) is 32.8 Å². The summed E-state index contributed by atoms with van der Waals surface area (Å²) in [5.41, 5.74) is 0. The lowest BCUT2D eigenvalue weighted by molar-refractivity contribution is -0.139. The zero-order valence-corrected chi connectivity index (χ0v) is 13.5. The smallest absolute Gasteiger partial charge is 0.331 e. The van der Waals surface area contributed by atoms with E-state index < -0.39 is 12.0 Å². The van der Waals surface area contributed by atoms with E-state index in [1.807, 2.05) is 5.38 Å². The van der Waals surface area contributed by atoms with Crippen LogP contribution in [0.25, 0.3) is 0 Å². The van der Waals surface area contributed by atoms with Gasteiger partial charge in [0.05, 0.1) is 0 Å². The minimum Gasteiger partial charge on any atom is -0.479 e. The number of carbonyl (C=O) groups excluding carboxylic acids is 1. The summed E-state index contributed by atoms with van der Waals surface area (Å²) < 4.78 is 0. The zero-order chi connectivity index (χ0) is 15.7. The number of aliphatic carboxylic acids is 1. The van der Waals surface area contributed by atoms with Crippen molar-refractivity contribution < 1.29 is 14.7 Å². The van der Waals surface area contributed by atoms with Crippen molar-refractivity contribution in [3.8, 4) is 0 Å². The summed E-state index contributed by atoms with van der Waals surface area (Å²) in [7, 11) is 0. The summed E-state index contributed by atoms with van der Waals surface area (Å²) in [6, 6.07) is 2.25. The maximum Gasteiger partial charge on any atom is 0.331 e. The molecule has 0 bridgehead atoms. The first-order valence-electron chi connectivity index (χ1n) is 7.41. The monoisotopic (exact) mass is 312 g/mol. The van der Waals surface area contributed by atoms with Gasteiger partial charge in [-0.2, -0.15) is 0 Å². The Bertz CT molecular complexity index is 426. The van der Waals surface area contributed by atoms with Gasteiger partial charge in [0.1, 0.15) is 0 Å². The fourth-order valence-electron chi connectivity index (χ4n) is 1.94. The normalized spacial score (nSPS) is 11.9. The summed E-state index contributed by atoms with van der Waals surface area (Å²) in [5, 5.41) is 13.7. The molecule has 0 radical (unpaired) electrons. The molecule has 0 saturated heterocycles. The Labute approximate surface area is 130 Å². The number of amides is 2. The number of urea groups is 1. The van der Waals surface area contributed by atoms with Gasteiger partial charge in [-0.3, -0.25) is 0 Å². The Kier molecular flexibility index (Phi) is 7.82. The molecule has 0 saturated carbocycles. The fourth-order valence-corrected chi connectivity index (χ4v) is 2.70. The van der Waals surface area contributed by atoms with Crippen LogP contribution in [0, 0.1) is 0 Å². The molecule has 1 unspecified atom stereocenters. The standard InChI is InChI=1S/C15H24N2O3S/c1-3-5-9-17(10-6-4-2)15(20)16-13(14(18)19)12-8-7-11-21-12/h7-8,11,13H,3-6,9-10H2,1-2H3,(H,16,20)(H,18,19). The van der Waals surface area contributed by atoms with Crippen LogP contribution < -0.4 is 5.32 Å². The van der Waals surface area contributed by atoms with Gasteiger partial charge in [0.2, 0.25) is 0 Å². The van der Waals surface area contributed by atoms with Crippen LogP contribution in [0.15, 0.2) is 17.5 Å². The lowest BCUT2D eigenvalue weighted by Crippen LogP contribution is -2.44. The van der Waals surface area contributed by atoms with E-state index in [0.717, 1.165) is 25.7 Å². The van der Waals surface area contributed by atoms with Crippen molar-refractivity contribution >= 4 is 23.3 Å². The fraction of sp³-hybridized carbons (Fsp3) is 0.600. The van der Waals surface area contributed by atoms with Crippen molar-refractivity contribution in [2.75, 3.05) is 13.1 Å². The van der Waals surface area contributed by atoms with Crippen LogP contribution in [0.1, 0.15) is 50.4 Å². The van der Waals surface area contributed by atoms with Crippen LogP contribution in [0.3, 0.4) is 0 Å². The van der Waals surface area contributed by atoms with Crippen molar-refractivity contribution in [2.24, 2.45) is 0 Å². The second kappa shape index (κ2) is 9.39. The Balaban J connectivity index is 2.70. The van der Waals surface area contributed by atoms with E-state index in [1.54, 1.807) is 17.0 Å².